The lowest BCUT2D eigenvalue weighted by Gasteiger charge is -2.10. The average molecular weight is 333 g/mol. The van der Waals surface area contributed by atoms with Crippen molar-refractivity contribution in [1.29, 1.82) is 0 Å². The van der Waals surface area contributed by atoms with Gasteiger partial charge in [-0.15, -0.1) is 0 Å². The quantitative estimate of drug-likeness (QED) is 0.487. The third-order valence-electron chi connectivity index (χ3n) is 4.26. The molecule has 24 heavy (non-hydrogen) atoms. The topological polar surface area (TPSA) is 0 Å². The number of aryl methyl sites for hydroxylation is 2. The second-order valence-corrected chi connectivity index (χ2v) is 6.39. The first-order valence-corrected chi connectivity index (χ1v) is 8.68. The highest BCUT2D eigenvalue weighted by Crippen LogP contribution is 2.25. The van der Waals surface area contributed by atoms with Crippen molar-refractivity contribution in [3.63, 3.8) is 0 Å². The minimum Gasteiger partial charge on any atom is -0.0843 e. The van der Waals surface area contributed by atoms with Crippen molar-refractivity contribution < 1.29 is 0 Å². The summed E-state index contributed by atoms with van der Waals surface area (Å²) < 4.78 is 0. The van der Waals surface area contributed by atoms with Crippen LogP contribution in [0.3, 0.4) is 0 Å². The van der Waals surface area contributed by atoms with Gasteiger partial charge in [0.05, 0.1) is 0 Å². The van der Waals surface area contributed by atoms with Gasteiger partial charge in [-0.2, -0.15) is 0 Å². The van der Waals surface area contributed by atoms with Crippen molar-refractivity contribution >= 4 is 17.2 Å². The van der Waals surface area contributed by atoms with E-state index in [0.717, 1.165) is 17.9 Å². The number of rotatable bonds is 5. The molecule has 0 bridgehead atoms. The fraction of sp³-hybridized carbons (Fsp3) is 0.130. The van der Waals surface area contributed by atoms with Crippen molar-refractivity contribution in [2.45, 2.75) is 19.8 Å². The van der Waals surface area contributed by atoms with Gasteiger partial charge in [-0.05, 0) is 59.7 Å². The van der Waals surface area contributed by atoms with Crippen LogP contribution in [0.5, 0.6) is 0 Å². The summed E-state index contributed by atoms with van der Waals surface area (Å²) in [7, 11) is 0. The van der Waals surface area contributed by atoms with Gasteiger partial charge in [-0.1, -0.05) is 84.4 Å². The molecule has 0 N–H and O–H groups in total. The van der Waals surface area contributed by atoms with Gasteiger partial charge >= 0.3 is 0 Å². The van der Waals surface area contributed by atoms with Crippen LogP contribution >= 0.6 is 11.6 Å². The van der Waals surface area contributed by atoms with Gasteiger partial charge < -0.3 is 0 Å². The Bertz CT molecular complexity index is 814. The van der Waals surface area contributed by atoms with Crippen molar-refractivity contribution in [1.82, 2.24) is 0 Å². The molecule has 0 saturated heterocycles. The molecule has 0 aliphatic rings. The fourth-order valence-corrected chi connectivity index (χ4v) is 3.04. The molecule has 120 valence electrons. The zero-order valence-electron chi connectivity index (χ0n) is 13.9. The number of halogens is 1. The van der Waals surface area contributed by atoms with E-state index in [1.807, 2.05) is 12.1 Å². The normalized spacial score (nSPS) is 11.5. The van der Waals surface area contributed by atoms with Crippen molar-refractivity contribution in [2.75, 3.05) is 0 Å². The molecule has 0 atom stereocenters. The summed E-state index contributed by atoms with van der Waals surface area (Å²) in [4.78, 5) is 0. The maximum absolute atomic E-state index is 6.04. The third kappa shape index (κ3) is 4.15. The van der Waals surface area contributed by atoms with E-state index in [9.17, 15) is 0 Å². The highest BCUT2D eigenvalue weighted by molar-refractivity contribution is 6.30. The Hall–Kier alpha value is -2.31. The molecular formula is C23H21Cl. The van der Waals surface area contributed by atoms with Crippen LogP contribution in [0.25, 0.3) is 5.57 Å². The smallest absolute Gasteiger partial charge is 0.0406 e. The predicted octanol–water partition coefficient (Wildman–Crippen LogP) is 6.71. The lowest BCUT2D eigenvalue weighted by molar-refractivity contribution is 0.988. The molecule has 0 heterocycles. The molecular weight excluding hydrogens is 312 g/mol. The first-order valence-electron chi connectivity index (χ1n) is 8.30. The van der Waals surface area contributed by atoms with Crippen LogP contribution in [0.2, 0.25) is 5.02 Å². The predicted molar refractivity (Wildman–Crippen MR) is 104 cm³/mol. The van der Waals surface area contributed by atoms with Gasteiger partial charge in [0.15, 0.2) is 0 Å². The Balaban J connectivity index is 1.87. The maximum Gasteiger partial charge on any atom is 0.0406 e. The van der Waals surface area contributed by atoms with E-state index in [4.69, 9.17) is 11.6 Å². The van der Waals surface area contributed by atoms with Crippen LogP contribution in [0.15, 0.2) is 84.9 Å². The molecule has 0 nitrogen and oxygen atoms in total. The van der Waals surface area contributed by atoms with Gasteiger partial charge in [0.1, 0.15) is 0 Å². The number of allylic oxidation sites excluding steroid dienone is 1. The first kappa shape index (κ1) is 16.5. The second kappa shape index (κ2) is 7.99. The molecule has 0 saturated carbocycles. The average Bonchev–Trinajstić information content (AvgIpc) is 2.62. The van der Waals surface area contributed by atoms with Gasteiger partial charge in [0, 0.05) is 5.02 Å². The number of hydrogen-bond donors (Lipinski definition) is 0. The Labute approximate surface area is 149 Å². The van der Waals surface area contributed by atoms with Gasteiger partial charge in [-0.25, -0.2) is 0 Å². The zero-order valence-corrected chi connectivity index (χ0v) is 14.6. The molecule has 0 aromatic heterocycles. The van der Waals surface area contributed by atoms with Gasteiger partial charge in [0.25, 0.3) is 0 Å². The minimum absolute atomic E-state index is 0.770. The molecule has 0 aliphatic heterocycles. The van der Waals surface area contributed by atoms with Crippen LogP contribution < -0.4 is 0 Å². The molecule has 0 spiro atoms. The Morgan fingerprint density at radius 2 is 1.42 bits per heavy atom. The minimum atomic E-state index is 0.770. The number of benzene rings is 3. The maximum atomic E-state index is 6.04. The van der Waals surface area contributed by atoms with Gasteiger partial charge in [-0.3, -0.25) is 0 Å². The van der Waals surface area contributed by atoms with E-state index < -0.39 is 0 Å². The summed E-state index contributed by atoms with van der Waals surface area (Å²) in [6.45, 7) is 2.18. The molecule has 3 aromatic rings. The van der Waals surface area contributed by atoms with E-state index in [1.165, 1.54) is 27.8 Å². The molecule has 0 fully saturated rings. The van der Waals surface area contributed by atoms with Crippen molar-refractivity contribution in [3.8, 4) is 0 Å². The summed E-state index contributed by atoms with van der Waals surface area (Å²) in [6, 6.07) is 27.2. The molecule has 0 radical (unpaired) electrons. The van der Waals surface area contributed by atoms with Crippen LogP contribution in [0.1, 0.15) is 28.7 Å². The molecule has 1 heteroatoms. The first-order chi connectivity index (χ1) is 11.7. The molecule has 0 unspecified atom stereocenters. The zero-order chi connectivity index (χ0) is 16.8. The SMILES string of the molecule is Cc1ccccc1CC/C=C(/c1ccccc1)c1ccc(Cl)cc1. The summed E-state index contributed by atoms with van der Waals surface area (Å²) in [6.07, 6.45) is 4.40. The van der Waals surface area contributed by atoms with Crippen LogP contribution in [-0.4, -0.2) is 0 Å². The molecule has 0 aliphatic carbocycles. The van der Waals surface area contributed by atoms with Crippen LogP contribution in [0.4, 0.5) is 0 Å². The van der Waals surface area contributed by atoms with E-state index in [2.05, 4.69) is 79.7 Å². The number of hydrogen-bond acceptors (Lipinski definition) is 0. The van der Waals surface area contributed by atoms with Crippen molar-refractivity contribution in [3.05, 3.63) is 112 Å². The Morgan fingerprint density at radius 1 is 0.792 bits per heavy atom. The molecule has 3 rings (SSSR count). The Kier molecular flexibility index (Phi) is 5.51. The lowest BCUT2D eigenvalue weighted by atomic mass is 9.95. The molecule has 3 aromatic carbocycles. The monoisotopic (exact) mass is 332 g/mol. The summed E-state index contributed by atoms with van der Waals surface area (Å²) >= 11 is 6.04. The lowest BCUT2D eigenvalue weighted by Crippen LogP contribution is -1.91. The largest absolute Gasteiger partial charge is 0.0843 e. The summed E-state index contributed by atoms with van der Waals surface area (Å²) in [5, 5.41) is 0.770. The Morgan fingerprint density at radius 3 is 2.12 bits per heavy atom. The van der Waals surface area contributed by atoms with Crippen LogP contribution in [0, 0.1) is 6.92 Å². The third-order valence-corrected chi connectivity index (χ3v) is 4.52. The van der Waals surface area contributed by atoms with Gasteiger partial charge in [0.2, 0.25) is 0 Å². The van der Waals surface area contributed by atoms with E-state index in [-0.39, 0.29) is 0 Å². The summed E-state index contributed by atoms with van der Waals surface area (Å²) in [5.41, 5.74) is 6.48. The van der Waals surface area contributed by atoms with E-state index >= 15 is 0 Å². The van der Waals surface area contributed by atoms with Crippen LogP contribution in [-0.2, 0) is 6.42 Å². The molecule has 0 amide bonds. The van der Waals surface area contributed by atoms with E-state index in [1.54, 1.807) is 0 Å². The fourth-order valence-electron chi connectivity index (χ4n) is 2.91. The van der Waals surface area contributed by atoms with E-state index in [0.29, 0.717) is 0 Å². The van der Waals surface area contributed by atoms with Crippen molar-refractivity contribution in [2.24, 2.45) is 0 Å². The summed E-state index contributed by atoms with van der Waals surface area (Å²) in [5.74, 6) is 0. The highest BCUT2D eigenvalue weighted by Gasteiger charge is 2.05. The second-order valence-electron chi connectivity index (χ2n) is 5.96. The standard InChI is InChI=1S/C23H21Cl/c1-18-8-5-6-9-19(18)12-7-13-23(20-10-3-2-4-11-20)21-14-16-22(24)17-15-21/h2-6,8-11,13-17H,7,12H2,1H3/b23-13-. The highest BCUT2D eigenvalue weighted by atomic mass is 35.5.